The average Bonchev–Trinajstić information content (AvgIpc) is 2.65. The molecule has 0 atom stereocenters. The number of amides is 1. The number of primary amides is 1. The van der Waals surface area contributed by atoms with E-state index >= 15 is 0 Å². The van der Waals surface area contributed by atoms with Crippen LogP contribution in [-0.4, -0.2) is 5.91 Å². The summed E-state index contributed by atoms with van der Waals surface area (Å²) >= 11 is 0. The third-order valence-corrected chi connectivity index (χ3v) is 4.11. The van der Waals surface area contributed by atoms with E-state index in [1.807, 2.05) is 18.2 Å². The van der Waals surface area contributed by atoms with Gasteiger partial charge in [-0.3, -0.25) is 4.79 Å². The van der Waals surface area contributed by atoms with E-state index in [-0.39, 0.29) is 5.41 Å². The van der Waals surface area contributed by atoms with Gasteiger partial charge in [-0.1, -0.05) is 43.9 Å². The van der Waals surface area contributed by atoms with Crippen LogP contribution in [0.25, 0.3) is 0 Å². The molecule has 2 rings (SSSR count). The van der Waals surface area contributed by atoms with Crippen LogP contribution in [0.15, 0.2) is 24.3 Å². The lowest BCUT2D eigenvalue weighted by atomic mass is 9.76. The summed E-state index contributed by atoms with van der Waals surface area (Å²) in [5, 5.41) is 9.59. The van der Waals surface area contributed by atoms with E-state index in [9.17, 15) is 10.1 Å². The van der Waals surface area contributed by atoms with Crippen LogP contribution in [0.3, 0.4) is 0 Å². The predicted molar refractivity (Wildman–Crippen MR) is 74.4 cm³/mol. The minimum Gasteiger partial charge on any atom is -0.366 e. The second kappa shape index (κ2) is 5.88. The molecule has 0 heterocycles. The van der Waals surface area contributed by atoms with Crippen LogP contribution in [0.4, 0.5) is 0 Å². The van der Waals surface area contributed by atoms with Gasteiger partial charge in [0.2, 0.25) is 5.91 Å². The molecule has 1 aliphatic carbocycles. The normalized spacial score (nSPS) is 18.3. The van der Waals surface area contributed by atoms with E-state index in [2.05, 4.69) is 6.07 Å². The summed E-state index contributed by atoms with van der Waals surface area (Å²) in [6, 6.07) is 9.91. The Hall–Kier alpha value is -1.82. The maximum Gasteiger partial charge on any atom is 0.248 e. The van der Waals surface area contributed by atoms with Crippen molar-refractivity contribution >= 4 is 5.91 Å². The molecule has 1 aromatic rings. The van der Waals surface area contributed by atoms with E-state index in [0.717, 1.165) is 31.2 Å². The van der Waals surface area contributed by atoms with Gasteiger partial charge in [-0.25, -0.2) is 0 Å². The molecule has 3 nitrogen and oxygen atoms in total. The molecule has 0 radical (unpaired) electrons. The van der Waals surface area contributed by atoms with E-state index in [1.54, 1.807) is 6.07 Å². The van der Waals surface area contributed by atoms with Crippen molar-refractivity contribution in [1.82, 2.24) is 0 Å². The summed E-state index contributed by atoms with van der Waals surface area (Å²) in [4.78, 5) is 11.5. The standard InChI is InChI=1S/C16H20N2O/c17-12-16(9-5-1-2-6-10-16)11-13-7-3-4-8-14(13)15(18)19/h3-4,7-8H,1-2,5-6,9-11H2,(H2,18,19). The second-order valence-electron chi connectivity index (χ2n) is 5.50. The SMILES string of the molecule is N#CC1(Cc2ccccc2C(N)=O)CCCCCC1. The molecular weight excluding hydrogens is 236 g/mol. The zero-order valence-corrected chi connectivity index (χ0v) is 11.2. The first-order chi connectivity index (χ1) is 9.17. The third kappa shape index (κ3) is 3.14. The first-order valence-corrected chi connectivity index (χ1v) is 6.96. The number of hydrogen-bond donors (Lipinski definition) is 1. The Bertz CT molecular complexity index is 494. The molecule has 1 fully saturated rings. The van der Waals surface area contributed by atoms with E-state index in [0.29, 0.717) is 12.0 Å². The van der Waals surface area contributed by atoms with Gasteiger partial charge >= 0.3 is 0 Å². The Kier molecular flexibility index (Phi) is 4.21. The highest BCUT2D eigenvalue weighted by atomic mass is 16.1. The molecule has 0 saturated heterocycles. The molecule has 0 unspecified atom stereocenters. The van der Waals surface area contributed by atoms with Crippen molar-refractivity contribution in [3.05, 3.63) is 35.4 Å². The lowest BCUT2D eigenvalue weighted by Gasteiger charge is -2.25. The van der Waals surface area contributed by atoms with Gasteiger partial charge in [0.15, 0.2) is 0 Å². The van der Waals surface area contributed by atoms with Gasteiger partial charge < -0.3 is 5.73 Å². The quantitative estimate of drug-likeness (QED) is 0.844. The zero-order valence-electron chi connectivity index (χ0n) is 11.2. The fourth-order valence-electron chi connectivity index (χ4n) is 3.01. The third-order valence-electron chi connectivity index (χ3n) is 4.11. The summed E-state index contributed by atoms with van der Waals surface area (Å²) in [5.41, 5.74) is 6.57. The molecule has 0 aliphatic heterocycles. The Morgan fingerprint density at radius 3 is 2.42 bits per heavy atom. The predicted octanol–water partition coefficient (Wildman–Crippen LogP) is 3.19. The number of rotatable bonds is 3. The summed E-state index contributed by atoms with van der Waals surface area (Å²) < 4.78 is 0. The van der Waals surface area contributed by atoms with Gasteiger partial charge in [0.1, 0.15) is 0 Å². The molecule has 2 N–H and O–H groups in total. The smallest absolute Gasteiger partial charge is 0.248 e. The van der Waals surface area contributed by atoms with Crippen molar-refractivity contribution in [2.24, 2.45) is 11.1 Å². The summed E-state index contributed by atoms with van der Waals surface area (Å²) in [7, 11) is 0. The Balaban J connectivity index is 2.28. The van der Waals surface area contributed by atoms with Gasteiger partial charge in [0.05, 0.1) is 11.5 Å². The van der Waals surface area contributed by atoms with Crippen LogP contribution >= 0.6 is 0 Å². The molecule has 1 saturated carbocycles. The molecule has 1 aromatic carbocycles. The van der Waals surface area contributed by atoms with Gasteiger partial charge in [0, 0.05) is 5.56 Å². The second-order valence-corrected chi connectivity index (χ2v) is 5.50. The number of nitriles is 1. The number of hydrogen-bond acceptors (Lipinski definition) is 2. The molecule has 0 bridgehead atoms. The van der Waals surface area contributed by atoms with Crippen LogP contribution in [0, 0.1) is 16.7 Å². The maximum atomic E-state index is 11.5. The number of nitrogens with zero attached hydrogens (tertiary/aromatic N) is 1. The Morgan fingerprint density at radius 1 is 1.21 bits per heavy atom. The highest BCUT2D eigenvalue weighted by Crippen LogP contribution is 2.38. The minimum atomic E-state index is -0.405. The molecule has 3 heteroatoms. The van der Waals surface area contributed by atoms with Crippen molar-refractivity contribution < 1.29 is 4.79 Å². The van der Waals surface area contributed by atoms with E-state index in [1.165, 1.54) is 12.8 Å². The van der Waals surface area contributed by atoms with Crippen molar-refractivity contribution in [3.8, 4) is 6.07 Å². The van der Waals surface area contributed by atoms with Gasteiger partial charge in [-0.15, -0.1) is 0 Å². The van der Waals surface area contributed by atoms with Gasteiger partial charge in [-0.2, -0.15) is 5.26 Å². The van der Waals surface area contributed by atoms with Gasteiger partial charge in [0.25, 0.3) is 0 Å². The van der Waals surface area contributed by atoms with Crippen LogP contribution in [-0.2, 0) is 6.42 Å². The van der Waals surface area contributed by atoms with E-state index < -0.39 is 5.91 Å². The van der Waals surface area contributed by atoms with E-state index in [4.69, 9.17) is 5.73 Å². The van der Waals surface area contributed by atoms with Gasteiger partial charge in [-0.05, 0) is 30.9 Å². The Labute approximate surface area is 114 Å². The molecule has 100 valence electrons. The summed E-state index contributed by atoms with van der Waals surface area (Å²) in [6.07, 6.45) is 7.12. The monoisotopic (exact) mass is 256 g/mol. The Morgan fingerprint density at radius 2 is 1.84 bits per heavy atom. The van der Waals surface area contributed by atoms with Crippen LogP contribution in [0.2, 0.25) is 0 Å². The van der Waals surface area contributed by atoms with Crippen molar-refractivity contribution in [2.75, 3.05) is 0 Å². The molecular formula is C16H20N2O. The lowest BCUT2D eigenvalue weighted by molar-refractivity contribution is 0.0999. The molecule has 19 heavy (non-hydrogen) atoms. The van der Waals surface area contributed by atoms with Crippen LogP contribution < -0.4 is 5.73 Å². The largest absolute Gasteiger partial charge is 0.366 e. The molecule has 1 amide bonds. The maximum absolute atomic E-state index is 11.5. The first-order valence-electron chi connectivity index (χ1n) is 6.96. The fourth-order valence-corrected chi connectivity index (χ4v) is 3.01. The number of carbonyl (C=O) groups excluding carboxylic acids is 1. The lowest BCUT2D eigenvalue weighted by Crippen LogP contribution is -2.23. The van der Waals surface area contributed by atoms with Crippen molar-refractivity contribution in [1.29, 1.82) is 5.26 Å². The highest BCUT2D eigenvalue weighted by molar-refractivity contribution is 5.94. The number of nitrogens with two attached hydrogens (primary N) is 1. The van der Waals surface area contributed by atoms with Crippen LogP contribution in [0.5, 0.6) is 0 Å². The minimum absolute atomic E-state index is 0.317. The molecule has 0 aromatic heterocycles. The van der Waals surface area contributed by atoms with Crippen molar-refractivity contribution in [2.45, 2.75) is 44.9 Å². The number of carbonyl (C=O) groups is 1. The zero-order chi connectivity index (χ0) is 13.7. The summed E-state index contributed by atoms with van der Waals surface area (Å²) in [6.45, 7) is 0. The molecule has 0 spiro atoms. The van der Waals surface area contributed by atoms with Crippen molar-refractivity contribution in [3.63, 3.8) is 0 Å². The highest BCUT2D eigenvalue weighted by Gasteiger charge is 2.32. The van der Waals surface area contributed by atoms with Crippen LogP contribution in [0.1, 0.15) is 54.4 Å². The topological polar surface area (TPSA) is 66.9 Å². The molecule has 1 aliphatic rings. The fraction of sp³-hybridized carbons (Fsp3) is 0.500. The average molecular weight is 256 g/mol. The first kappa shape index (κ1) is 13.6. The number of benzene rings is 1. The summed E-state index contributed by atoms with van der Waals surface area (Å²) in [5.74, 6) is -0.405.